The SMILES string of the molecule is NCCOB(Oc1ccc(Cl)cc1)Oc1nc2ccccc2s1. The fourth-order valence-electron chi connectivity index (χ4n) is 1.86. The van der Waals surface area contributed by atoms with E-state index in [-0.39, 0.29) is 0 Å². The first-order valence-electron chi connectivity index (χ1n) is 7.01. The van der Waals surface area contributed by atoms with Crippen molar-refractivity contribution in [1.29, 1.82) is 0 Å². The highest BCUT2D eigenvalue weighted by Crippen LogP contribution is 2.28. The van der Waals surface area contributed by atoms with Crippen molar-refractivity contribution in [3.63, 3.8) is 0 Å². The van der Waals surface area contributed by atoms with E-state index in [2.05, 4.69) is 4.98 Å². The second-order valence-electron chi connectivity index (χ2n) is 4.59. The zero-order chi connectivity index (χ0) is 16.1. The summed E-state index contributed by atoms with van der Waals surface area (Å²) < 4.78 is 17.9. The molecule has 5 nitrogen and oxygen atoms in total. The molecule has 2 N–H and O–H groups in total. The summed E-state index contributed by atoms with van der Waals surface area (Å²) in [5, 5.41) is 1.10. The van der Waals surface area contributed by atoms with Crippen LogP contribution >= 0.6 is 22.9 Å². The van der Waals surface area contributed by atoms with Gasteiger partial charge in [-0.1, -0.05) is 35.1 Å². The second-order valence-corrected chi connectivity index (χ2v) is 6.01. The van der Waals surface area contributed by atoms with Gasteiger partial charge in [0.25, 0.3) is 5.19 Å². The van der Waals surface area contributed by atoms with Crippen LogP contribution in [-0.2, 0) is 4.65 Å². The van der Waals surface area contributed by atoms with Gasteiger partial charge in [0, 0.05) is 18.2 Å². The van der Waals surface area contributed by atoms with Crippen molar-refractivity contribution < 1.29 is 14.0 Å². The van der Waals surface area contributed by atoms with Crippen LogP contribution in [0.3, 0.4) is 0 Å². The van der Waals surface area contributed by atoms with E-state index in [4.69, 9.17) is 31.3 Å². The van der Waals surface area contributed by atoms with Crippen molar-refractivity contribution in [2.75, 3.05) is 13.2 Å². The number of nitrogens with zero attached hydrogens (tertiary/aromatic N) is 1. The summed E-state index contributed by atoms with van der Waals surface area (Å²) in [5.74, 6) is 0.581. The van der Waals surface area contributed by atoms with Crippen LogP contribution in [0.25, 0.3) is 10.2 Å². The van der Waals surface area contributed by atoms with E-state index in [0.717, 1.165) is 10.2 Å². The minimum absolute atomic E-state index is 0.309. The molecule has 23 heavy (non-hydrogen) atoms. The summed E-state index contributed by atoms with van der Waals surface area (Å²) in [6.45, 7) is 0.673. The van der Waals surface area contributed by atoms with Crippen LogP contribution in [0, 0.1) is 0 Å². The lowest BCUT2D eigenvalue weighted by Gasteiger charge is -2.13. The standard InChI is InChI=1S/C15H14BClN2O3S/c17-11-5-7-12(8-6-11)21-16(20-10-9-18)22-15-19-13-3-1-2-4-14(13)23-15/h1-8H,9-10,18H2. The van der Waals surface area contributed by atoms with Gasteiger partial charge in [0.05, 0.1) is 10.2 Å². The van der Waals surface area contributed by atoms with Crippen LogP contribution in [0.5, 0.6) is 10.9 Å². The third kappa shape index (κ3) is 4.36. The Morgan fingerprint density at radius 2 is 1.87 bits per heavy atom. The molecule has 0 radical (unpaired) electrons. The van der Waals surface area contributed by atoms with Crippen LogP contribution in [0.1, 0.15) is 0 Å². The minimum atomic E-state index is -0.930. The van der Waals surface area contributed by atoms with Gasteiger partial charge in [-0.2, -0.15) is 0 Å². The highest BCUT2D eigenvalue weighted by Gasteiger charge is 2.28. The molecule has 3 aromatic rings. The molecular weight excluding hydrogens is 335 g/mol. The molecule has 0 saturated carbocycles. The molecule has 0 atom stereocenters. The zero-order valence-corrected chi connectivity index (χ0v) is 13.7. The monoisotopic (exact) mass is 348 g/mol. The Morgan fingerprint density at radius 3 is 2.61 bits per heavy atom. The van der Waals surface area contributed by atoms with Crippen molar-refractivity contribution in [3.05, 3.63) is 53.6 Å². The maximum absolute atomic E-state index is 5.86. The lowest BCUT2D eigenvalue weighted by atomic mass is 10.2. The first-order valence-corrected chi connectivity index (χ1v) is 8.20. The summed E-state index contributed by atoms with van der Waals surface area (Å²) in [4.78, 5) is 4.40. The average Bonchev–Trinajstić information content (AvgIpc) is 2.97. The first-order chi connectivity index (χ1) is 11.2. The molecule has 1 aromatic heterocycles. The van der Waals surface area contributed by atoms with E-state index < -0.39 is 7.32 Å². The maximum atomic E-state index is 5.86. The summed E-state index contributed by atoms with van der Waals surface area (Å²) in [6.07, 6.45) is 0. The van der Waals surface area contributed by atoms with Crippen molar-refractivity contribution in [1.82, 2.24) is 4.98 Å². The summed E-state index contributed by atoms with van der Waals surface area (Å²) in [7, 11) is -0.930. The molecule has 0 aliphatic heterocycles. The van der Waals surface area contributed by atoms with Crippen LogP contribution in [0.2, 0.25) is 5.02 Å². The fraction of sp³-hybridized carbons (Fsp3) is 0.133. The molecule has 0 unspecified atom stereocenters. The summed E-state index contributed by atoms with van der Waals surface area (Å²) in [5.41, 5.74) is 6.35. The molecular formula is C15H14BClN2O3S. The maximum Gasteiger partial charge on any atom is 0.789 e. The third-order valence-corrected chi connectivity index (χ3v) is 4.07. The van der Waals surface area contributed by atoms with Gasteiger partial charge in [0.15, 0.2) is 0 Å². The lowest BCUT2D eigenvalue weighted by Crippen LogP contribution is -2.35. The topological polar surface area (TPSA) is 66.6 Å². The van der Waals surface area contributed by atoms with Crippen LogP contribution < -0.4 is 15.0 Å². The highest BCUT2D eigenvalue weighted by molar-refractivity contribution is 7.20. The van der Waals surface area contributed by atoms with Gasteiger partial charge in [0.1, 0.15) is 5.75 Å². The Labute approximate surface area is 143 Å². The summed E-state index contributed by atoms with van der Waals surface area (Å²) >= 11 is 7.29. The number of nitrogens with two attached hydrogens (primary N) is 1. The van der Waals surface area contributed by atoms with Gasteiger partial charge >= 0.3 is 7.32 Å². The first kappa shape index (κ1) is 16.1. The molecule has 0 spiro atoms. The average molecular weight is 349 g/mol. The number of rotatable bonds is 7. The number of hydrogen-bond donors (Lipinski definition) is 1. The molecule has 1 heterocycles. The molecule has 3 rings (SSSR count). The Morgan fingerprint density at radius 1 is 1.09 bits per heavy atom. The van der Waals surface area contributed by atoms with E-state index in [1.165, 1.54) is 11.3 Å². The second kappa shape index (κ2) is 7.65. The molecule has 8 heteroatoms. The molecule has 0 bridgehead atoms. The van der Waals surface area contributed by atoms with Gasteiger partial charge in [-0.25, -0.2) is 4.98 Å². The number of aromatic nitrogens is 1. The molecule has 0 aliphatic carbocycles. The van der Waals surface area contributed by atoms with Crippen molar-refractivity contribution >= 4 is 40.5 Å². The number of fused-ring (bicyclic) bond motifs is 1. The van der Waals surface area contributed by atoms with Gasteiger partial charge in [-0.3, -0.25) is 0 Å². The number of hydrogen-bond acceptors (Lipinski definition) is 6. The number of benzene rings is 2. The smallest absolute Gasteiger partial charge is 0.501 e. The Hall–Kier alpha value is -1.80. The van der Waals surface area contributed by atoms with Gasteiger partial charge < -0.3 is 19.7 Å². The normalized spacial score (nSPS) is 10.7. The Bertz CT molecular complexity index is 736. The number of halogens is 1. The molecule has 0 aliphatic rings. The lowest BCUT2D eigenvalue weighted by molar-refractivity contribution is 0.206. The van der Waals surface area contributed by atoms with Crippen molar-refractivity contribution in [3.8, 4) is 10.9 Å². The van der Waals surface area contributed by atoms with Gasteiger partial charge in [-0.15, -0.1) is 0 Å². The van der Waals surface area contributed by atoms with Gasteiger partial charge in [0.2, 0.25) is 0 Å². The quantitative estimate of drug-likeness (QED) is 0.663. The van der Waals surface area contributed by atoms with E-state index >= 15 is 0 Å². The third-order valence-electron chi connectivity index (χ3n) is 2.89. The highest BCUT2D eigenvalue weighted by atomic mass is 35.5. The van der Waals surface area contributed by atoms with E-state index in [0.29, 0.717) is 29.1 Å². The minimum Gasteiger partial charge on any atom is -0.501 e. The largest absolute Gasteiger partial charge is 0.789 e. The number of para-hydroxylation sites is 1. The van der Waals surface area contributed by atoms with E-state index in [9.17, 15) is 0 Å². The summed E-state index contributed by atoms with van der Waals surface area (Å²) in [6, 6.07) is 14.7. The zero-order valence-electron chi connectivity index (χ0n) is 12.1. The van der Waals surface area contributed by atoms with Gasteiger partial charge in [-0.05, 0) is 36.4 Å². The van der Waals surface area contributed by atoms with Crippen LogP contribution in [0.15, 0.2) is 48.5 Å². The molecule has 2 aromatic carbocycles. The number of thiazole rings is 1. The predicted molar refractivity (Wildman–Crippen MR) is 93.1 cm³/mol. The van der Waals surface area contributed by atoms with Crippen LogP contribution in [0.4, 0.5) is 0 Å². The molecule has 0 amide bonds. The van der Waals surface area contributed by atoms with E-state index in [1.807, 2.05) is 24.3 Å². The Balaban J connectivity index is 1.73. The van der Waals surface area contributed by atoms with Crippen molar-refractivity contribution in [2.45, 2.75) is 0 Å². The molecule has 118 valence electrons. The van der Waals surface area contributed by atoms with Crippen molar-refractivity contribution in [2.24, 2.45) is 5.73 Å². The van der Waals surface area contributed by atoms with Crippen LogP contribution in [-0.4, -0.2) is 25.5 Å². The fourth-order valence-corrected chi connectivity index (χ4v) is 2.81. The van der Waals surface area contributed by atoms with E-state index in [1.54, 1.807) is 24.3 Å². The predicted octanol–water partition coefficient (Wildman–Crippen LogP) is 3.37. The Kier molecular flexibility index (Phi) is 5.35. The molecule has 0 saturated heterocycles. The molecule has 0 fully saturated rings.